The molecule has 0 aromatic heterocycles. The fourth-order valence-electron chi connectivity index (χ4n) is 1.98. The van der Waals surface area contributed by atoms with E-state index in [9.17, 15) is 14.0 Å². The van der Waals surface area contributed by atoms with E-state index < -0.39 is 24.1 Å². The first kappa shape index (κ1) is 14.1. The van der Waals surface area contributed by atoms with Crippen molar-refractivity contribution in [3.8, 4) is 0 Å². The van der Waals surface area contributed by atoms with E-state index in [-0.39, 0.29) is 18.5 Å². The Hall–Kier alpha value is -1.33. The Morgan fingerprint density at radius 3 is 2.32 bits per heavy atom. The second-order valence-corrected chi connectivity index (χ2v) is 5.28. The zero-order chi connectivity index (χ0) is 14.2. The summed E-state index contributed by atoms with van der Waals surface area (Å²) >= 11 is 11.6. The number of hydrogen-bond donors (Lipinski definition) is 1. The summed E-state index contributed by atoms with van der Waals surface area (Å²) in [5.41, 5.74) is -2.16. The van der Waals surface area contributed by atoms with Crippen molar-refractivity contribution in [3.63, 3.8) is 0 Å². The molecule has 19 heavy (non-hydrogen) atoms. The molecule has 1 atom stereocenters. The number of carbonyl (C=O) groups is 2. The third-order valence-corrected chi connectivity index (χ3v) is 3.44. The second-order valence-electron chi connectivity index (χ2n) is 4.41. The van der Waals surface area contributed by atoms with E-state index in [2.05, 4.69) is 0 Å². The van der Waals surface area contributed by atoms with Crippen LogP contribution in [0.25, 0.3) is 0 Å². The van der Waals surface area contributed by atoms with Gasteiger partial charge in [-0.1, -0.05) is 23.2 Å². The number of rotatable bonds is 2. The van der Waals surface area contributed by atoms with E-state index >= 15 is 0 Å². The molecule has 1 unspecified atom stereocenters. The van der Waals surface area contributed by atoms with Crippen LogP contribution in [0.4, 0.5) is 4.39 Å². The number of amides is 1. The average Bonchev–Trinajstić information content (AvgIpc) is 2.71. The Morgan fingerprint density at radius 2 is 1.84 bits per heavy atom. The zero-order valence-electron chi connectivity index (χ0n) is 9.70. The van der Waals surface area contributed by atoms with Crippen LogP contribution in [0.5, 0.6) is 0 Å². The highest BCUT2D eigenvalue weighted by atomic mass is 35.5. The normalized spacial score (nSPS) is 22.6. The fourth-order valence-corrected chi connectivity index (χ4v) is 2.51. The quantitative estimate of drug-likeness (QED) is 0.914. The summed E-state index contributed by atoms with van der Waals surface area (Å²) < 4.78 is 13.9. The van der Waals surface area contributed by atoms with Crippen molar-refractivity contribution in [2.24, 2.45) is 0 Å². The minimum absolute atomic E-state index is 0.0474. The molecule has 1 saturated heterocycles. The molecule has 1 N–H and O–H groups in total. The molecule has 4 nitrogen and oxygen atoms in total. The maximum absolute atomic E-state index is 13.9. The van der Waals surface area contributed by atoms with Crippen LogP contribution < -0.4 is 0 Å². The number of aliphatic carboxylic acids is 1. The maximum Gasteiger partial charge on any atom is 0.343 e. The predicted octanol–water partition coefficient (Wildman–Crippen LogP) is 2.63. The minimum Gasteiger partial charge on any atom is -0.479 e. The highest BCUT2D eigenvalue weighted by Gasteiger charge is 2.47. The number of carboxylic acid groups (broad SMARTS) is 1. The van der Waals surface area contributed by atoms with Crippen LogP contribution in [-0.4, -0.2) is 40.6 Å². The number of likely N-dealkylation sites (tertiary alicyclic amines) is 1. The summed E-state index contributed by atoms with van der Waals surface area (Å²) in [4.78, 5) is 24.0. The van der Waals surface area contributed by atoms with Gasteiger partial charge in [0.25, 0.3) is 5.91 Å². The van der Waals surface area contributed by atoms with Crippen LogP contribution in [0.1, 0.15) is 16.8 Å². The van der Waals surface area contributed by atoms with Gasteiger partial charge in [0.15, 0.2) is 0 Å². The minimum atomic E-state index is -2.38. The van der Waals surface area contributed by atoms with Crippen LogP contribution >= 0.6 is 23.2 Å². The van der Waals surface area contributed by atoms with E-state index in [0.717, 1.165) is 4.90 Å². The molecule has 7 heteroatoms. The Kier molecular flexibility index (Phi) is 3.69. The van der Waals surface area contributed by atoms with E-state index in [4.69, 9.17) is 28.3 Å². The lowest BCUT2D eigenvalue weighted by Gasteiger charge is -2.18. The first-order chi connectivity index (χ1) is 8.82. The van der Waals surface area contributed by atoms with Gasteiger partial charge in [0.1, 0.15) is 0 Å². The van der Waals surface area contributed by atoms with Crippen molar-refractivity contribution in [2.45, 2.75) is 12.1 Å². The van der Waals surface area contributed by atoms with Gasteiger partial charge in [-0.2, -0.15) is 0 Å². The Morgan fingerprint density at radius 1 is 1.26 bits per heavy atom. The van der Waals surface area contributed by atoms with Crippen LogP contribution in [0, 0.1) is 0 Å². The van der Waals surface area contributed by atoms with Crippen molar-refractivity contribution < 1.29 is 19.1 Å². The molecule has 1 amide bonds. The number of nitrogens with zero attached hydrogens (tertiary/aromatic N) is 1. The molecule has 0 bridgehead atoms. The van der Waals surface area contributed by atoms with Gasteiger partial charge < -0.3 is 10.0 Å². The van der Waals surface area contributed by atoms with Crippen molar-refractivity contribution in [1.82, 2.24) is 4.90 Å². The number of carboxylic acids is 1. The molecule has 1 aliphatic rings. The molecule has 0 saturated carbocycles. The maximum atomic E-state index is 13.9. The molecule has 0 radical (unpaired) electrons. The number of hydrogen-bond acceptors (Lipinski definition) is 2. The third kappa shape index (κ3) is 2.82. The summed E-state index contributed by atoms with van der Waals surface area (Å²) in [5.74, 6) is -2.03. The summed E-state index contributed by atoms with van der Waals surface area (Å²) in [6.45, 7) is -0.420. The van der Waals surface area contributed by atoms with Crippen molar-refractivity contribution in [1.29, 1.82) is 0 Å². The summed E-state index contributed by atoms with van der Waals surface area (Å²) in [6.07, 6.45) is -0.220. The van der Waals surface area contributed by atoms with Gasteiger partial charge in [-0.15, -0.1) is 0 Å². The highest BCUT2D eigenvalue weighted by Crippen LogP contribution is 2.28. The molecule has 2 rings (SSSR count). The van der Waals surface area contributed by atoms with Gasteiger partial charge in [-0.25, -0.2) is 9.18 Å². The van der Waals surface area contributed by atoms with Gasteiger partial charge in [-0.3, -0.25) is 4.79 Å². The van der Waals surface area contributed by atoms with Crippen LogP contribution in [-0.2, 0) is 4.79 Å². The summed E-state index contributed by atoms with van der Waals surface area (Å²) in [5, 5.41) is 9.36. The van der Waals surface area contributed by atoms with Crippen molar-refractivity contribution in [3.05, 3.63) is 33.8 Å². The number of benzene rings is 1. The lowest BCUT2D eigenvalue weighted by atomic mass is 10.1. The Labute approximate surface area is 118 Å². The number of alkyl halides is 1. The molecular weight excluding hydrogens is 296 g/mol. The van der Waals surface area contributed by atoms with Crippen molar-refractivity contribution >= 4 is 35.1 Å². The van der Waals surface area contributed by atoms with Gasteiger partial charge in [-0.05, 0) is 18.2 Å². The topological polar surface area (TPSA) is 57.6 Å². The van der Waals surface area contributed by atoms with Gasteiger partial charge in [0.2, 0.25) is 5.67 Å². The van der Waals surface area contributed by atoms with E-state index in [1.807, 2.05) is 0 Å². The molecule has 0 spiro atoms. The number of carbonyl (C=O) groups excluding carboxylic acids is 1. The lowest BCUT2D eigenvalue weighted by Crippen LogP contribution is -2.38. The highest BCUT2D eigenvalue weighted by molar-refractivity contribution is 6.35. The van der Waals surface area contributed by atoms with Crippen molar-refractivity contribution in [2.75, 3.05) is 13.1 Å². The molecule has 1 aromatic carbocycles. The SMILES string of the molecule is O=C(c1cc(Cl)cc(Cl)c1)N1CCC(F)(C(=O)O)C1. The smallest absolute Gasteiger partial charge is 0.343 e. The fraction of sp³-hybridized carbons (Fsp3) is 0.333. The molecule has 1 aliphatic heterocycles. The molecule has 102 valence electrons. The average molecular weight is 306 g/mol. The van der Waals surface area contributed by atoms with E-state index in [1.165, 1.54) is 18.2 Å². The standard InChI is InChI=1S/C12H10Cl2FNO3/c13-8-3-7(4-9(14)5-8)10(17)16-2-1-12(15,6-16)11(18)19/h3-5H,1-2,6H2,(H,18,19). The van der Waals surface area contributed by atoms with Gasteiger partial charge in [0.05, 0.1) is 6.54 Å². The van der Waals surface area contributed by atoms with Crippen LogP contribution in [0.3, 0.4) is 0 Å². The van der Waals surface area contributed by atoms with Crippen LogP contribution in [0.15, 0.2) is 18.2 Å². The predicted molar refractivity (Wildman–Crippen MR) is 68.5 cm³/mol. The molecule has 0 aliphatic carbocycles. The molecule has 1 aromatic rings. The third-order valence-electron chi connectivity index (χ3n) is 3.00. The first-order valence-electron chi connectivity index (χ1n) is 5.49. The molecular formula is C12H10Cl2FNO3. The Bertz CT molecular complexity index is 532. The molecule has 1 heterocycles. The van der Waals surface area contributed by atoms with Gasteiger partial charge >= 0.3 is 5.97 Å². The zero-order valence-corrected chi connectivity index (χ0v) is 11.2. The lowest BCUT2D eigenvalue weighted by molar-refractivity contribution is -0.149. The largest absolute Gasteiger partial charge is 0.479 e. The monoisotopic (exact) mass is 305 g/mol. The summed E-state index contributed by atoms with van der Waals surface area (Å²) in [7, 11) is 0. The first-order valence-corrected chi connectivity index (χ1v) is 6.25. The number of halogens is 3. The van der Waals surface area contributed by atoms with Gasteiger partial charge in [0, 0.05) is 28.6 Å². The van der Waals surface area contributed by atoms with E-state index in [0.29, 0.717) is 10.0 Å². The Balaban J connectivity index is 2.20. The second kappa shape index (κ2) is 4.98. The molecule has 1 fully saturated rings. The summed E-state index contributed by atoms with van der Waals surface area (Å²) in [6, 6.07) is 4.30. The van der Waals surface area contributed by atoms with Crippen LogP contribution in [0.2, 0.25) is 10.0 Å². The van der Waals surface area contributed by atoms with E-state index in [1.54, 1.807) is 0 Å².